The molecule has 0 saturated heterocycles. The highest BCUT2D eigenvalue weighted by Crippen LogP contribution is 2.24. The summed E-state index contributed by atoms with van der Waals surface area (Å²) in [5, 5.41) is 12.4. The highest BCUT2D eigenvalue weighted by atomic mass is 35.5. The topological polar surface area (TPSA) is 74.7 Å². The van der Waals surface area contributed by atoms with Gasteiger partial charge in [0.2, 0.25) is 0 Å². The van der Waals surface area contributed by atoms with E-state index in [2.05, 4.69) is 10.1 Å². The second-order valence-electron chi connectivity index (χ2n) is 4.32. The molecule has 3 N–H and O–H groups in total. The van der Waals surface area contributed by atoms with Crippen LogP contribution in [-0.4, -0.2) is 23.1 Å². The molecule has 0 fully saturated rings. The second kappa shape index (κ2) is 6.25. The predicted octanol–water partition coefficient (Wildman–Crippen LogP) is 2.47. The average molecular weight is 291 g/mol. The van der Waals surface area contributed by atoms with E-state index < -0.39 is 0 Å². The minimum atomic E-state index is 0.0235. The number of rotatable bonds is 4. The zero-order chi connectivity index (χ0) is 14.5. The Morgan fingerprint density at radius 3 is 2.85 bits per heavy atom. The van der Waals surface area contributed by atoms with Crippen molar-refractivity contribution < 1.29 is 5.21 Å². The minimum absolute atomic E-state index is 0.0235. The summed E-state index contributed by atoms with van der Waals surface area (Å²) in [4.78, 5) is 6.24. The number of benzene rings is 1. The number of hydrogen-bond acceptors (Lipinski definition) is 4. The van der Waals surface area contributed by atoms with Crippen molar-refractivity contribution in [2.24, 2.45) is 10.9 Å². The monoisotopic (exact) mass is 290 g/mol. The summed E-state index contributed by atoms with van der Waals surface area (Å²) in [7, 11) is 1.91. The van der Waals surface area contributed by atoms with Crippen LogP contribution in [0, 0.1) is 0 Å². The highest BCUT2D eigenvalue weighted by Gasteiger charge is 2.12. The van der Waals surface area contributed by atoms with Crippen molar-refractivity contribution in [1.82, 2.24) is 4.98 Å². The third-order valence-electron chi connectivity index (χ3n) is 2.88. The Balaban J connectivity index is 2.32. The number of nitrogens with two attached hydrogens (primary N) is 1. The molecule has 2 aromatic rings. The molecule has 0 aliphatic heterocycles. The van der Waals surface area contributed by atoms with Gasteiger partial charge in [-0.3, -0.25) is 4.98 Å². The first kappa shape index (κ1) is 14.1. The molecule has 0 unspecified atom stereocenters. The highest BCUT2D eigenvalue weighted by molar-refractivity contribution is 6.31. The molecular weight excluding hydrogens is 276 g/mol. The Hall–Kier alpha value is -2.27. The lowest BCUT2D eigenvalue weighted by Gasteiger charge is -2.22. The maximum absolute atomic E-state index is 8.86. The van der Waals surface area contributed by atoms with Gasteiger partial charge in [0.05, 0.1) is 12.2 Å². The SMILES string of the molecule is CN(Cc1ccccn1)c1ccc(Cl)cc1C(N)=NO. The first-order chi connectivity index (χ1) is 9.61. The maximum Gasteiger partial charge on any atom is 0.172 e. The van der Waals surface area contributed by atoms with Gasteiger partial charge < -0.3 is 15.8 Å². The molecule has 0 atom stereocenters. The van der Waals surface area contributed by atoms with Crippen LogP contribution in [0.25, 0.3) is 0 Å². The lowest BCUT2D eigenvalue weighted by Crippen LogP contribution is -2.23. The summed E-state index contributed by atoms with van der Waals surface area (Å²) >= 11 is 5.96. The Bertz CT molecular complexity index is 616. The van der Waals surface area contributed by atoms with Gasteiger partial charge in [0.25, 0.3) is 0 Å². The van der Waals surface area contributed by atoms with Crippen LogP contribution in [0.1, 0.15) is 11.3 Å². The van der Waals surface area contributed by atoms with Gasteiger partial charge in [0, 0.05) is 29.5 Å². The van der Waals surface area contributed by atoms with Crippen molar-refractivity contribution in [2.75, 3.05) is 11.9 Å². The van der Waals surface area contributed by atoms with Crippen LogP contribution in [0.15, 0.2) is 47.8 Å². The third-order valence-corrected chi connectivity index (χ3v) is 3.11. The molecule has 20 heavy (non-hydrogen) atoms. The quantitative estimate of drug-likeness (QED) is 0.393. The van der Waals surface area contributed by atoms with Crippen LogP contribution < -0.4 is 10.6 Å². The summed E-state index contributed by atoms with van der Waals surface area (Å²) in [6.07, 6.45) is 1.75. The molecule has 1 aromatic heterocycles. The molecule has 0 bridgehead atoms. The zero-order valence-electron chi connectivity index (χ0n) is 11.0. The summed E-state index contributed by atoms with van der Waals surface area (Å²) < 4.78 is 0. The first-order valence-corrected chi connectivity index (χ1v) is 6.38. The summed E-state index contributed by atoms with van der Waals surface area (Å²) in [5.41, 5.74) is 8.02. The number of aromatic nitrogens is 1. The van der Waals surface area contributed by atoms with Crippen molar-refractivity contribution in [3.63, 3.8) is 0 Å². The van der Waals surface area contributed by atoms with Crippen LogP contribution in [0.5, 0.6) is 0 Å². The average Bonchev–Trinajstić information content (AvgIpc) is 2.47. The molecule has 0 aliphatic carbocycles. The molecule has 104 valence electrons. The van der Waals surface area contributed by atoms with E-state index in [1.54, 1.807) is 18.3 Å². The lowest BCUT2D eigenvalue weighted by atomic mass is 10.1. The molecule has 6 heteroatoms. The number of pyridine rings is 1. The first-order valence-electron chi connectivity index (χ1n) is 6.00. The fourth-order valence-corrected chi connectivity index (χ4v) is 2.09. The number of nitrogens with zero attached hydrogens (tertiary/aromatic N) is 3. The summed E-state index contributed by atoms with van der Waals surface area (Å²) in [6, 6.07) is 11.0. The van der Waals surface area contributed by atoms with Gasteiger partial charge in [-0.1, -0.05) is 22.8 Å². The van der Waals surface area contributed by atoms with Crippen LogP contribution in [0.3, 0.4) is 0 Å². The van der Waals surface area contributed by atoms with E-state index in [4.69, 9.17) is 22.5 Å². The third kappa shape index (κ3) is 3.19. The van der Waals surface area contributed by atoms with Gasteiger partial charge in [0.1, 0.15) is 0 Å². The lowest BCUT2D eigenvalue weighted by molar-refractivity contribution is 0.318. The van der Waals surface area contributed by atoms with Gasteiger partial charge in [-0.05, 0) is 30.3 Å². The number of amidine groups is 1. The Kier molecular flexibility index (Phi) is 4.42. The molecule has 0 spiro atoms. The fraction of sp³-hybridized carbons (Fsp3) is 0.143. The molecular formula is C14H15ClN4O. The largest absolute Gasteiger partial charge is 0.409 e. The molecule has 0 radical (unpaired) electrons. The van der Waals surface area contributed by atoms with Crippen LogP contribution in [0.2, 0.25) is 5.02 Å². The van der Waals surface area contributed by atoms with Gasteiger partial charge in [0.15, 0.2) is 5.84 Å². The van der Waals surface area contributed by atoms with Gasteiger partial charge in [-0.25, -0.2) is 0 Å². The van der Waals surface area contributed by atoms with Crippen LogP contribution in [-0.2, 0) is 6.54 Å². The van der Waals surface area contributed by atoms with Crippen molar-refractivity contribution >= 4 is 23.1 Å². The Morgan fingerprint density at radius 2 is 2.20 bits per heavy atom. The van der Waals surface area contributed by atoms with E-state index in [9.17, 15) is 0 Å². The zero-order valence-corrected chi connectivity index (χ0v) is 11.7. The minimum Gasteiger partial charge on any atom is -0.409 e. The molecule has 1 aromatic carbocycles. The van der Waals surface area contributed by atoms with E-state index >= 15 is 0 Å². The molecule has 0 amide bonds. The number of anilines is 1. The normalized spacial score (nSPS) is 11.4. The number of oxime groups is 1. The molecule has 1 heterocycles. The summed E-state index contributed by atoms with van der Waals surface area (Å²) in [6.45, 7) is 0.605. The van der Waals surface area contributed by atoms with Gasteiger partial charge in [-0.15, -0.1) is 0 Å². The van der Waals surface area contributed by atoms with Crippen LogP contribution in [0.4, 0.5) is 5.69 Å². The van der Waals surface area contributed by atoms with Gasteiger partial charge >= 0.3 is 0 Å². The Labute approximate surface area is 122 Å². The van der Waals surface area contributed by atoms with E-state index in [0.29, 0.717) is 17.1 Å². The molecule has 5 nitrogen and oxygen atoms in total. The van der Waals surface area contributed by atoms with Crippen LogP contribution >= 0.6 is 11.6 Å². The van der Waals surface area contributed by atoms with Crippen molar-refractivity contribution in [3.8, 4) is 0 Å². The fourth-order valence-electron chi connectivity index (χ4n) is 1.92. The maximum atomic E-state index is 8.86. The van der Waals surface area contributed by atoms with Crippen molar-refractivity contribution in [2.45, 2.75) is 6.54 Å². The molecule has 0 saturated carbocycles. The van der Waals surface area contributed by atoms with E-state index in [1.807, 2.05) is 36.2 Å². The van der Waals surface area contributed by atoms with E-state index in [0.717, 1.165) is 11.4 Å². The number of hydrogen-bond donors (Lipinski definition) is 2. The Morgan fingerprint density at radius 1 is 1.40 bits per heavy atom. The molecule has 0 aliphatic rings. The van der Waals surface area contributed by atoms with Gasteiger partial charge in [-0.2, -0.15) is 0 Å². The van der Waals surface area contributed by atoms with Crippen molar-refractivity contribution in [1.29, 1.82) is 0 Å². The standard InChI is InChI=1S/C14H15ClN4O/c1-19(9-11-4-2-3-7-17-11)13-6-5-10(15)8-12(13)14(16)18-20/h2-8,20H,9H2,1H3,(H2,16,18). The number of halogens is 1. The van der Waals surface area contributed by atoms with E-state index in [-0.39, 0.29) is 5.84 Å². The predicted molar refractivity (Wildman–Crippen MR) is 80.3 cm³/mol. The molecule has 2 rings (SSSR count). The summed E-state index contributed by atoms with van der Waals surface area (Å²) in [5.74, 6) is 0.0235. The van der Waals surface area contributed by atoms with E-state index in [1.165, 1.54) is 0 Å². The van der Waals surface area contributed by atoms with Crippen molar-refractivity contribution in [3.05, 3.63) is 58.9 Å². The smallest absolute Gasteiger partial charge is 0.172 e. The second-order valence-corrected chi connectivity index (χ2v) is 4.76.